The molecule has 0 aromatic carbocycles. The van der Waals surface area contributed by atoms with Crippen LogP contribution in [0.2, 0.25) is 0 Å². The highest BCUT2D eigenvalue weighted by Gasteiger charge is 2.36. The van der Waals surface area contributed by atoms with Gasteiger partial charge in [-0.25, -0.2) is 0 Å². The smallest absolute Gasteiger partial charge is 0.0606 e. The molecule has 72 valence electrons. The van der Waals surface area contributed by atoms with E-state index in [4.69, 9.17) is 10.5 Å². The fourth-order valence-electron chi connectivity index (χ4n) is 2.27. The third kappa shape index (κ3) is 2.46. The lowest BCUT2D eigenvalue weighted by molar-refractivity contribution is 0.0340. The van der Waals surface area contributed by atoms with E-state index in [-0.39, 0.29) is 0 Å². The number of ether oxygens (including phenoxy) is 1. The molecule has 1 aliphatic rings. The summed E-state index contributed by atoms with van der Waals surface area (Å²) in [7, 11) is 0. The molecule has 2 unspecified atom stereocenters. The Morgan fingerprint density at radius 1 is 1.42 bits per heavy atom. The van der Waals surface area contributed by atoms with Crippen LogP contribution in [0.4, 0.5) is 0 Å². The highest BCUT2D eigenvalue weighted by atomic mass is 16.5. The van der Waals surface area contributed by atoms with Crippen molar-refractivity contribution in [1.29, 1.82) is 0 Å². The third-order valence-electron chi connectivity index (χ3n) is 2.71. The lowest BCUT2D eigenvalue weighted by atomic mass is 9.91. The summed E-state index contributed by atoms with van der Waals surface area (Å²) in [5.41, 5.74) is 5.87. The van der Waals surface area contributed by atoms with Crippen LogP contribution in [0.1, 0.15) is 33.6 Å². The van der Waals surface area contributed by atoms with Gasteiger partial charge in [-0.05, 0) is 24.2 Å². The highest BCUT2D eigenvalue weighted by Crippen LogP contribution is 2.42. The molecule has 2 N–H and O–H groups in total. The van der Waals surface area contributed by atoms with Crippen LogP contribution in [-0.4, -0.2) is 19.3 Å². The molecule has 0 spiro atoms. The Balaban J connectivity index is 2.36. The Morgan fingerprint density at radius 2 is 2.08 bits per heavy atom. The second kappa shape index (κ2) is 3.75. The summed E-state index contributed by atoms with van der Waals surface area (Å²) < 4.78 is 5.67. The van der Waals surface area contributed by atoms with Gasteiger partial charge in [0.2, 0.25) is 0 Å². The van der Waals surface area contributed by atoms with Crippen LogP contribution in [-0.2, 0) is 4.74 Å². The normalized spacial score (nSPS) is 34.0. The van der Waals surface area contributed by atoms with E-state index in [1.54, 1.807) is 0 Å². The van der Waals surface area contributed by atoms with Crippen molar-refractivity contribution in [2.75, 3.05) is 13.2 Å². The van der Waals surface area contributed by atoms with Gasteiger partial charge < -0.3 is 10.5 Å². The first-order valence-corrected chi connectivity index (χ1v) is 4.87. The average Bonchev–Trinajstić information content (AvgIpc) is 2.20. The Morgan fingerprint density at radius 3 is 2.50 bits per heavy atom. The summed E-state index contributed by atoms with van der Waals surface area (Å²) in [6, 6.07) is 0. The maximum absolute atomic E-state index is 5.67. The van der Waals surface area contributed by atoms with Gasteiger partial charge in [0.05, 0.1) is 12.7 Å². The van der Waals surface area contributed by atoms with Gasteiger partial charge in [0.1, 0.15) is 0 Å². The van der Waals surface area contributed by atoms with Gasteiger partial charge in [0, 0.05) is 6.54 Å². The van der Waals surface area contributed by atoms with Crippen molar-refractivity contribution >= 4 is 0 Å². The zero-order chi connectivity index (χ0) is 9.19. The Bertz CT molecular complexity index is 145. The zero-order valence-electron chi connectivity index (χ0n) is 8.47. The number of hydrogen-bond donors (Lipinski definition) is 1. The lowest BCUT2D eigenvalue weighted by Crippen LogP contribution is -2.20. The second-order valence-corrected chi connectivity index (χ2v) is 4.75. The molecule has 1 rings (SSSR count). The van der Waals surface area contributed by atoms with E-state index >= 15 is 0 Å². The number of rotatable bonds is 3. The molecule has 0 radical (unpaired) electrons. The third-order valence-corrected chi connectivity index (χ3v) is 2.71. The second-order valence-electron chi connectivity index (χ2n) is 4.75. The number of nitrogens with two attached hydrogens (primary N) is 1. The molecular formula is C10H21NO. The van der Waals surface area contributed by atoms with E-state index < -0.39 is 0 Å². The first-order chi connectivity index (χ1) is 5.55. The molecule has 2 heteroatoms. The van der Waals surface area contributed by atoms with Crippen molar-refractivity contribution in [2.45, 2.75) is 39.7 Å². The number of hydrogen-bond acceptors (Lipinski definition) is 2. The van der Waals surface area contributed by atoms with Crippen molar-refractivity contribution in [2.24, 2.45) is 17.1 Å². The Hall–Kier alpha value is -0.0800. The van der Waals surface area contributed by atoms with Gasteiger partial charge in [0.15, 0.2) is 0 Å². The first kappa shape index (κ1) is 10.0. The summed E-state index contributed by atoms with van der Waals surface area (Å²) in [5.74, 6) is 0.701. The van der Waals surface area contributed by atoms with Crippen LogP contribution < -0.4 is 5.73 Å². The molecule has 0 aromatic heterocycles. The van der Waals surface area contributed by atoms with Gasteiger partial charge >= 0.3 is 0 Å². The maximum Gasteiger partial charge on any atom is 0.0606 e. The van der Waals surface area contributed by atoms with Crippen molar-refractivity contribution in [1.82, 2.24) is 0 Å². The molecule has 0 aliphatic heterocycles. The molecule has 0 amide bonds. The predicted molar refractivity (Wildman–Crippen MR) is 51.0 cm³/mol. The minimum atomic E-state index is 0.448. The largest absolute Gasteiger partial charge is 0.377 e. The van der Waals surface area contributed by atoms with E-state index in [2.05, 4.69) is 20.8 Å². The van der Waals surface area contributed by atoms with Gasteiger partial charge in [-0.1, -0.05) is 20.8 Å². The monoisotopic (exact) mass is 171 g/mol. The van der Waals surface area contributed by atoms with Crippen LogP contribution in [0.25, 0.3) is 0 Å². The minimum Gasteiger partial charge on any atom is -0.377 e. The molecular weight excluding hydrogens is 150 g/mol. The van der Waals surface area contributed by atoms with Gasteiger partial charge in [0.25, 0.3) is 0 Å². The molecule has 1 fully saturated rings. The SMILES string of the molecule is CC1CC(C)(C)CC1OCCN. The Labute approximate surface area is 75.5 Å². The maximum atomic E-state index is 5.67. The summed E-state index contributed by atoms with van der Waals surface area (Å²) in [5, 5.41) is 0. The Kier molecular flexibility index (Phi) is 3.13. The molecule has 2 atom stereocenters. The predicted octanol–water partition coefficient (Wildman–Crippen LogP) is 1.79. The van der Waals surface area contributed by atoms with Gasteiger partial charge in [-0.2, -0.15) is 0 Å². The van der Waals surface area contributed by atoms with E-state index in [1.807, 2.05) is 0 Å². The van der Waals surface area contributed by atoms with Gasteiger partial charge in [-0.15, -0.1) is 0 Å². The first-order valence-electron chi connectivity index (χ1n) is 4.87. The summed E-state index contributed by atoms with van der Waals surface area (Å²) in [6.07, 6.45) is 2.92. The van der Waals surface area contributed by atoms with Gasteiger partial charge in [-0.3, -0.25) is 0 Å². The summed E-state index contributed by atoms with van der Waals surface area (Å²) in [6.45, 7) is 8.26. The molecule has 0 aromatic rings. The molecule has 12 heavy (non-hydrogen) atoms. The van der Waals surface area contributed by atoms with Crippen LogP contribution >= 0.6 is 0 Å². The van der Waals surface area contributed by atoms with Crippen molar-refractivity contribution in [3.63, 3.8) is 0 Å². The van der Waals surface area contributed by atoms with Crippen LogP contribution in [0.5, 0.6) is 0 Å². The van der Waals surface area contributed by atoms with E-state index in [1.165, 1.54) is 12.8 Å². The molecule has 0 bridgehead atoms. The summed E-state index contributed by atoms with van der Waals surface area (Å²) in [4.78, 5) is 0. The quantitative estimate of drug-likeness (QED) is 0.702. The fourth-order valence-corrected chi connectivity index (χ4v) is 2.27. The topological polar surface area (TPSA) is 35.2 Å². The lowest BCUT2D eigenvalue weighted by Gasteiger charge is -2.17. The van der Waals surface area contributed by atoms with Crippen LogP contribution in [0, 0.1) is 11.3 Å². The standard InChI is InChI=1S/C10H21NO/c1-8-6-10(2,3)7-9(8)12-5-4-11/h8-9H,4-7,11H2,1-3H3. The fraction of sp³-hybridized carbons (Fsp3) is 1.00. The van der Waals surface area contributed by atoms with E-state index in [9.17, 15) is 0 Å². The highest BCUT2D eigenvalue weighted by molar-refractivity contribution is 4.87. The molecule has 1 saturated carbocycles. The molecule has 2 nitrogen and oxygen atoms in total. The molecule has 0 heterocycles. The van der Waals surface area contributed by atoms with E-state index in [0.29, 0.717) is 30.6 Å². The van der Waals surface area contributed by atoms with E-state index in [0.717, 1.165) is 0 Å². The summed E-state index contributed by atoms with van der Waals surface area (Å²) >= 11 is 0. The average molecular weight is 171 g/mol. The minimum absolute atomic E-state index is 0.448. The van der Waals surface area contributed by atoms with Crippen molar-refractivity contribution in [3.05, 3.63) is 0 Å². The zero-order valence-corrected chi connectivity index (χ0v) is 8.47. The van der Waals surface area contributed by atoms with Crippen LogP contribution in [0.15, 0.2) is 0 Å². The van der Waals surface area contributed by atoms with Crippen LogP contribution in [0.3, 0.4) is 0 Å². The van der Waals surface area contributed by atoms with Crippen molar-refractivity contribution < 1.29 is 4.74 Å². The molecule has 0 saturated heterocycles. The molecule has 1 aliphatic carbocycles. The van der Waals surface area contributed by atoms with Crippen molar-refractivity contribution in [3.8, 4) is 0 Å².